The Bertz CT molecular complexity index is 283. The molecular weight excluding hydrogens is 337 g/mol. The molecule has 0 aromatic carbocycles. The van der Waals surface area contributed by atoms with E-state index in [-0.39, 0.29) is 17.1 Å². The normalized spacial score (nSPS) is 23.9. The van der Waals surface area contributed by atoms with E-state index in [4.69, 9.17) is 0 Å². The SMILES string of the molecule is CCCC(C)SC1CC(=O)N(I(C)C)C1=O. The number of nitrogens with zero attached hydrogens (tertiary/aromatic N) is 1. The van der Waals surface area contributed by atoms with Gasteiger partial charge in [0, 0.05) is 0 Å². The fourth-order valence-electron chi connectivity index (χ4n) is 1.79. The second kappa shape index (κ2) is 6.23. The summed E-state index contributed by atoms with van der Waals surface area (Å²) in [5.74, 6) is 0.134. The van der Waals surface area contributed by atoms with E-state index in [0.717, 1.165) is 12.8 Å². The van der Waals surface area contributed by atoms with Gasteiger partial charge in [-0.05, 0) is 0 Å². The van der Waals surface area contributed by atoms with Crippen LogP contribution in [-0.4, -0.2) is 35.3 Å². The predicted molar refractivity (Wildman–Crippen MR) is 78.1 cm³/mol. The second-order valence-corrected chi connectivity index (χ2v) is 10.9. The number of hydrogen-bond donors (Lipinski definition) is 0. The van der Waals surface area contributed by atoms with Crippen LogP contribution in [0.1, 0.15) is 33.1 Å². The molecule has 0 spiro atoms. The summed E-state index contributed by atoms with van der Waals surface area (Å²) in [7, 11) is 0. The van der Waals surface area contributed by atoms with Crippen molar-refractivity contribution in [3.05, 3.63) is 0 Å². The molecule has 16 heavy (non-hydrogen) atoms. The van der Waals surface area contributed by atoms with Crippen LogP contribution in [0, 0.1) is 0 Å². The Labute approximate surface area is 109 Å². The zero-order valence-corrected chi connectivity index (χ0v) is 13.3. The predicted octanol–water partition coefficient (Wildman–Crippen LogP) is 2.72. The molecule has 0 saturated carbocycles. The number of amides is 2. The van der Waals surface area contributed by atoms with Crippen molar-refractivity contribution in [2.45, 2.75) is 43.6 Å². The number of hydrogen-bond acceptors (Lipinski definition) is 3. The molecule has 1 rings (SSSR count). The Morgan fingerprint density at radius 2 is 2.12 bits per heavy atom. The quantitative estimate of drug-likeness (QED) is 0.329. The average molecular weight is 357 g/mol. The molecule has 0 N–H and O–H groups in total. The van der Waals surface area contributed by atoms with Crippen molar-refractivity contribution in [1.29, 1.82) is 0 Å². The Morgan fingerprint density at radius 3 is 2.56 bits per heavy atom. The van der Waals surface area contributed by atoms with Crippen LogP contribution in [0.4, 0.5) is 0 Å². The van der Waals surface area contributed by atoms with Gasteiger partial charge in [0.25, 0.3) is 0 Å². The Balaban J connectivity index is 2.59. The molecule has 0 aromatic heterocycles. The molecule has 1 aliphatic heterocycles. The van der Waals surface area contributed by atoms with Gasteiger partial charge in [-0.1, -0.05) is 0 Å². The van der Waals surface area contributed by atoms with E-state index in [9.17, 15) is 9.59 Å². The molecule has 0 bridgehead atoms. The standard InChI is InChI=1S/C11H20INO2S/c1-5-6-8(2)16-9-7-10(14)13(11(9)15)12(3)4/h8-9H,5-7H2,1-4H3. The van der Waals surface area contributed by atoms with Gasteiger partial charge in [0.1, 0.15) is 0 Å². The van der Waals surface area contributed by atoms with Crippen LogP contribution in [0.2, 0.25) is 0 Å². The van der Waals surface area contributed by atoms with E-state index in [2.05, 4.69) is 13.8 Å². The third-order valence-corrected chi connectivity index (χ3v) is 6.82. The van der Waals surface area contributed by atoms with Crippen LogP contribution < -0.4 is 0 Å². The number of carbonyl (C=O) groups is 2. The fraction of sp³-hybridized carbons (Fsp3) is 0.818. The van der Waals surface area contributed by atoms with Crippen LogP contribution in [-0.2, 0) is 9.59 Å². The summed E-state index contributed by atoms with van der Waals surface area (Å²) < 4.78 is 1.57. The van der Waals surface area contributed by atoms with Crippen molar-refractivity contribution >= 4 is 43.7 Å². The molecule has 1 fully saturated rings. The molecule has 1 heterocycles. The van der Waals surface area contributed by atoms with Gasteiger partial charge in [-0.2, -0.15) is 0 Å². The van der Waals surface area contributed by atoms with Crippen molar-refractivity contribution < 1.29 is 9.59 Å². The van der Waals surface area contributed by atoms with Gasteiger partial charge in [0.15, 0.2) is 0 Å². The molecule has 0 radical (unpaired) electrons. The van der Waals surface area contributed by atoms with Gasteiger partial charge in [-0.3, -0.25) is 0 Å². The van der Waals surface area contributed by atoms with Crippen molar-refractivity contribution in [3.63, 3.8) is 0 Å². The van der Waals surface area contributed by atoms with Crippen LogP contribution in [0.25, 0.3) is 0 Å². The number of thioether (sulfide) groups is 1. The molecule has 2 amide bonds. The van der Waals surface area contributed by atoms with Crippen LogP contribution in [0.5, 0.6) is 0 Å². The topological polar surface area (TPSA) is 37.4 Å². The Morgan fingerprint density at radius 1 is 1.50 bits per heavy atom. The minimum atomic E-state index is -1.49. The number of halogens is 1. The molecule has 5 heteroatoms. The first kappa shape index (κ1) is 14.3. The van der Waals surface area contributed by atoms with E-state index in [1.54, 1.807) is 14.9 Å². The van der Waals surface area contributed by atoms with Gasteiger partial charge in [0.05, 0.1) is 0 Å². The summed E-state index contributed by atoms with van der Waals surface area (Å²) in [6, 6.07) is 0. The fourth-order valence-corrected chi connectivity index (χ4v) is 5.93. The Kier molecular flexibility index (Phi) is 5.56. The average Bonchev–Trinajstić information content (AvgIpc) is 2.42. The second-order valence-electron chi connectivity index (χ2n) is 4.16. The number of imide groups is 1. The minimum absolute atomic E-state index is 0.0569. The summed E-state index contributed by atoms with van der Waals surface area (Å²) in [5.41, 5.74) is 0. The maximum atomic E-state index is 12.0. The first-order valence-corrected chi connectivity index (χ1v) is 11.7. The van der Waals surface area contributed by atoms with Crippen LogP contribution >= 0.6 is 31.9 Å². The van der Waals surface area contributed by atoms with E-state index in [1.807, 2.05) is 9.86 Å². The zero-order valence-electron chi connectivity index (χ0n) is 10.3. The monoisotopic (exact) mass is 357 g/mol. The summed E-state index contributed by atoms with van der Waals surface area (Å²) >= 11 is 0.192. The molecule has 2 unspecified atom stereocenters. The summed E-state index contributed by atoms with van der Waals surface area (Å²) in [6.07, 6.45) is 2.67. The molecule has 2 atom stereocenters. The number of rotatable bonds is 5. The summed E-state index contributed by atoms with van der Waals surface area (Å²) in [6.45, 7) is 4.29. The van der Waals surface area contributed by atoms with Gasteiger partial charge >= 0.3 is 110 Å². The van der Waals surface area contributed by atoms with Gasteiger partial charge in [0.2, 0.25) is 0 Å². The van der Waals surface area contributed by atoms with Gasteiger partial charge in [-0.25, -0.2) is 0 Å². The van der Waals surface area contributed by atoms with E-state index >= 15 is 0 Å². The van der Waals surface area contributed by atoms with Crippen molar-refractivity contribution in [2.75, 3.05) is 9.86 Å². The molecule has 0 aromatic rings. The summed E-state index contributed by atoms with van der Waals surface area (Å²) in [4.78, 5) is 27.8. The third kappa shape index (κ3) is 3.35. The zero-order chi connectivity index (χ0) is 12.3. The van der Waals surface area contributed by atoms with Crippen molar-refractivity contribution in [3.8, 4) is 0 Å². The van der Waals surface area contributed by atoms with E-state index in [0.29, 0.717) is 11.7 Å². The molecular formula is C11H20INO2S. The first-order chi connectivity index (χ1) is 7.47. The van der Waals surface area contributed by atoms with Gasteiger partial charge < -0.3 is 0 Å². The maximum absolute atomic E-state index is 12.0. The number of alkyl halides is 2. The summed E-state index contributed by atoms with van der Waals surface area (Å²) in [5, 5.41) is 0.372. The number of carbonyl (C=O) groups excluding carboxylic acids is 2. The molecule has 1 saturated heterocycles. The van der Waals surface area contributed by atoms with Crippen LogP contribution in [0.15, 0.2) is 0 Å². The first-order valence-electron chi connectivity index (χ1n) is 5.50. The van der Waals surface area contributed by atoms with E-state index < -0.39 is 20.1 Å². The van der Waals surface area contributed by atoms with Crippen molar-refractivity contribution in [2.24, 2.45) is 0 Å². The van der Waals surface area contributed by atoms with Gasteiger partial charge in [-0.15, -0.1) is 0 Å². The molecule has 94 valence electrons. The van der Waals surface area contributed by atoms with Crippen molar-refractivity contribution in [1.82, 2.24) is 3.11 Å². The molecule has 0 aliphatic carbocycles. The third-order valence-electron chi connectivity index (χ3n) is 2.48. The molecule has 1 aliphatic rings. The van der Waals surface area contributed by atoms with Crippen LogP contribution in [0.3, 0.4) is 0 Å². The Hall–Kier alpha value is 0.220. The molecule has 3 nitrogen and oxygen atoms in total. The van der Waals surface area contributed by atoms with E-state index in [1.165, 1.54) is 0 Å².